The predicted octanol–water partition coefficient (Wildman–Crippen LogP) is 5.36. The van der Waals surface area contributed by atoms with E-state index in [1.807, 2.05) is 23.1 Å². The zero-order chi connectivity index (χ0) is 31.3. The molecule has 2 aliphatic rings. The van der Waals surface area contributed by atoms with Gasteiger partial charge in [0.05, 0.1) is 26.7 Å². The van der Waals surface area contributed by atoms with Gasteiger partial charge in [-0.05, 0) is 87.0 Å². The molecule has 0 saturated carbocycles. The Balaban J connectivity index is 0.00000461. The van der Waals surface area contributed by atoms with Gasteiger partial charge < -0.3 is 29.7 Å². The normalized spacial score (nSPS) is 18.9. The van der Waals surface area contributed by atoms with E-state index in [9.17, 15) is 9.59 Å². The standard InChI is InChI=1S/C36H45N3O5.ClH/c1-25-11-12-29(21-26(25)2)35(13-19-38-34(41)36(14-17-37-18-15-36)28-9-7-6-8-10-28)16-20-39(24-35)33(40)27-22-30(42-3)32(44-5)31(23-27)43-4;/h6-12,21-23,37H,13-20,24H2,1-5H3,(H,38,41);1H. The molecule has 2 aliphatic heterocycles. The highest BCUT2D eigenvalue weighted by Crippen LogP contribution is 2.42. The van der Waals surface area contributed by atoms with Gasteiger partial charge in [-0.15, -0.1) is 12.4 Å². The fraction of sp³-hybridized carbons (Fsp3) is 0.444. The SMILES string of the molecule is COc1cc(C(=O)N2CCC(CCNC(=O)C3(c4ccccc4)CCNCC3)(c3ccc(C)c(C)c3)C2)cc(OC)c1OC.Cl. The topological polar surface area (TPSA) is 89.1 Å². The summed E-state index contributed by atoms with van der Waals surface area (Å²) in [5, 5.41) is 6.75. The molecule has 3 aromatic rings. The number of aryl methyl sites for hydroxylation is 2. The molecule has 2 fully saturated rings. The lowest BCUT2D eigenvalue weighted by Crippen LogP contribution is -2.51. The Morgan fingerprint density at radius 1 is 0.844 bits per heavy atom. The van der Waals surface area contributed by atoms with Crippen molar-refractivity contribution in [3.8, 4) is 17.2 Å². The van der Waals surface area contributed by atoms with E-state index in [1.165, 1.54) is 16.7 Å². The summed E-state index contributed by atoms with van der Waals surface area (Å²) >= 11 is 0. The second kappa shape index (κ2) is 14.6. The lowest BCUT2D eigenvalue weighted by atomic mass is 9.72. The molecule has 0 bridgehead atoms. The van der Waals surface area contributed by atoms with Crippen molar-refractivity contribution < 1.29 is 23.8 Å². The molecule has 2 amide bonds. The minimum atomic E-state index is -0.537. The average Bonchev–Trinajstić information content (AvgIpc) is 3.50. The van der Waals surface area contributed by atoms with E-state index >= 15 is 0 Å². The first-order chi connectivity index (χ1) is 21.3. The summed E-state index contributed by atoms with van der Waals surface area (Å²) in [5.41, 5.74) is 4.38. The van der Waals surface area contributed by atoms with E-state index in [0.29, 0.717) is 42.4 Å². The van der Waals surface area contributed by atoms with Gasteiger partial charge in [0, 0.05) is 30.6 Å². The van der Waals surface area contributed by atoms with Crippen LogP contribution < -0.4 is 24.8 Å². The molecule has 0 spiro atoms. The van der Waals surface area contributed by atoms with Gasteiger partial charge in [-0.1, -0.05) is 48.5 Å². The second-order valence-electron chi connectivity index (χ2n) is 12.2. The number of rotatable bonds is 10. The monoisotopic (exact) mass is 635 g/mol. The number of carbonyl (C=O) groups is 2. The van der Waals surface area contributed by atoms with Crippen LogP contribution in [0.2, 0.25) is 0 Å². The number of hydrogen-bond acceptors (Lipinski definition) is 6. The summed E-state index contributed by atoms with van der Waals surface area (Å²) in [6.07, 6.45) is 3.06. The molecule has 2 N–H and O–H groups in total. The van der Waals surface area contributed by atoms with Crippen molar-refractivity contribution in [3.63, 3.8) is 0 Å². The van der Waals surface area contributed by atoms with Crippen LogP contribution in [-0.4, -0.2) is 70.8 Å². The van der Waals surface area contributed by atoms with Crippen LogP contribution in [0.25, 0.3) is 0 Å². The van der Waals surface area contributed by atoms with Gasteiger partial charge >= 0.3 is 0 Å². The highest BCUT2D eigenvalue weighted by molar-refractivity contribution is 5.96. The maximum atomic E-state index is 13.9. The van der Waals surface area contributed by atoms with Crippen molar-refractivity contribution in [2.45, 2.75) is 50.4 Å². The van der Waals surface area contributed by atoms with Crippen LogP contribution in [0, 0.1) is 13.8 Å². The average molecular weight is 636 g/mol. The third kappa shape index (κ3) is 6.77. The first-order valence-corrected chi connectivity index (χ1v) is 15.5. The highest BCUT2D eigenvalue weighted by atomic mass is 35.5. The van der Waals surface area contributed by atoms with E-state index < -0.39 is 5.41 Å². The molecule has 3 aromatic carbocycles. The van der Waals surface area contributed by atoms with Gasteiger partial charge in [0.2, 0.25) is 11.7 Å². The molecule has 0 radical (unpaired) electrons. The first kappa shape index (κ1) is 34.1. The Bertz CT molecular complexity index is 1470. The third-order valence-corrected chi connectivity index (χ3v) is 9.78. The summed E-state index contributed by atoms with van der Waals surface area (Å²) < 4.78 is 16.5. The summed E-state index contributed by atoms with van der Waals surface area (Å²) in [5.74, 6) is 1.35. The Morgan fingerprint density at radius 2 is 1.51 bits per heavy atom. The Kier molecular flexibility index (Phi) is 11.0. The molecular weight excluding hydrogens is 590 g/mol. The van der Waals surface area contributed by atoms with Crippen LogP contribution in [-0.2, 0) is 15.6 Å². The van der Waals surface area contributed by atoms with Crippen molar-refractivity contribution in [2.75, 3.05) is 54.1 Å². The third-order valence-electron chi connectivity index (χ3n) is 9.78. The number of hydrogen-bond donors (Lipinski definition) is 2. The van der Waals surface area contributed by atoms with Crippen molar-refractivity contribution in [2.24, 2.45) is 0 Å². The molecule has 1 unspecified atom stereocenters. The zero-order valence-corrected chi connectivity index (χ0v) is 27.9. The Hall–Kier alpha value is -3.75. The number of nitrogens with zero attached hydrogens (tertiary/aromatic N) is 1. The Morgan fingerprint density at radius 3 is 2.11 bits per heavy atom. The van der Waals surface area contributed by atoms with Gasteiger partial charge in [0.25, 0.3) is 5.91 Å². The molecule has 2 saturated heterocycles. The van der Waals surface area contributed by atoms with Crippen LogP contribution in [0.4, 0.5) is 0 Å². The molecule has 0 aliphatic carbocycles. The van der Waals surface area contributed by atoms with E-state index in [1.54, 1.807) is 33.5 Å². The van der Waals surface area contributed by atoms with Crippen molar-refractivity contribution in [3.05, 3.63) is 88.5 Å². The number of likely N-dealkylation sites (tertiary alicyclic amines) is 1. The minimum Gasteiger partial charge on any atom is -0.493 e. The molecule has 0 aromatic heterocycles. The second-order valence-corrected chi connectivity index (χ2v) is 12.2. The largest absolute Gasteiger partial charge is 0.493 e. The number of halogens is 1. The number of nitrogens with one attached hydrogen (secondary N) is 2. The van der Waals surface area contributed by atoms with Crippen LogP contribution in [0.15, 0.2) is 60.7 Å². The van der Waals surface area contributed by atoms with Crippen molar-refractivity contribution in [1.29, 1.82) is 0 Å². The lowest BCUT2D eigenvalue weighted by Gasteiger charge is -2.37. The summed E-state index contributed by atoms with van der Waals surface area (Å²) in [4.78, 5) is 29.7. The number of piperidine rings is 1. The zero-order valence-electron chi connectivity index (χ0n) is 27.0. The van der Waals surface area contributed by atoms with Crippen LogP contribution in [0.1, 0.15) is 58.3 Å². The maximum Gasteiger partial charge on any atom is 0.254 e. The fourth-order valence-corrected chi connectivity index (χ4v) is 6.93. The molecule has 45 heavy (non-hydrogen) atoms. The molecule has 2 heterocycles. The molecular formula is C36H46ClN3O5. The van der Waals surface area contributed by atoms with Gasteiger partial charge in [-0.25, -0.2) is 0 Å². The number of benzene rings is 3. The van der Waals surface area contributed by atoms with Crippen LogP contribution in [0.5, 0.6) is 17.2 Å². The molecule has 8 nitrogen and oxygen atoms in total. The van der Waals surface area contributed by atoms with Gasteiger partial charge in [0.1, 0.15) is 0 Å². The highest BCUT2D eigenvalue weighted by Gasteiger charge is 2.44. The van der Waals surface area contributed by atoms with E-state index in [2.05, 4.69) is 54.8 Å². The molecule has 242 valence electrons. The maximum absolute atomic E-state index is 13.9. The summed E-state index contributed by atoms with van der Waals surface area (Å²) in [6, 6.07) is 20.2. The quantitative estimate of drug-likeness (QED) is 0.312. The smallest absolute Gasteiger partial charge is 0.254 e. The van der Waals surface area contributed by atoms with Crippen molar-refractivity contribution >= 4 is 24.2 Å². The molecule has 1 atom stereocenters. The summed E-state index contributed by atoms with van der Waals surface area (Å²) in [6.45, 7) is 7.55. The van der Waals surface area contributed by atoms with Gasteiger partial charge in [-0.3, -0.25) is 9.59 Å². The predicted molar refractivity (Wildman–Crippen MR) is 179 cm³/mol. The van der Waals surface area contributed by atoms with E-state index in [0.717, 1.165) is 44.3 Å². The first-order valence-electron chi connectivity index (χ1n) is 15.5. The van der Waals surface area contributed by atoms with Crippen molar-refractivity contribution in [1.82, 2.24) is 15.5 Å². The minimum absolute atomic E-state index is 0. The van der Waals surface area contributed by atoms with Crippen LogP contribution in [0.3, 0.4) is 0 Å². The van der Waals surface area contributed by atoms with E-state index in [4.69, 9.17) is 14.2 Å². The molecule has 5 rings (SSSR count). The van der Waals surface area contributed by atoms with E-state index in [-0.39, 0.29) is 29.6 Å². The van der Waals surface area contributed by atoms with Gasteiger partial charge in [-0.2, -0.15) is 0 Å². The number of ether oxygens (including phenoxy) is 3. The number of carbonyl (C=O) groups excluding carboxylic acids is 2. The lowest BCUT2D eigenvalue weighted by molar-refractivity contribution is -0.127. The summed E-state index contributed by atoms with van der Waals surface area (Å²) in [7, 11) is 4.64. The number of methoxy groups -OCH3 is 3. The van der Waals surface area contributed by atoms with Crippen LogP contribution >= 0.6 is 12.4 Å². The molecule has 9 heteroatoms. The Labute approximate surface area is 273 Å². The van der Waals surface area contributed by atoms with Gasteiger partial charge in [0.15, 0.2) is 11.5 Å². The number of amides is 2. The fourth-order valence-electron chi connectivity index (χ4n) is 6.93.